The summed E-state index contributed by atoms with van der Waals surface area (Å²) in [6.07, 6.45) is 87.5. The molecule has 17 nitrogen and oxygen atoms in total. The molecule has 0 aromatic heterocycles. The van der Waals surface area contributed by atoms with Gasteiger partial charge in [-0.25, -0.2) is 9.13 Å². The first-order chi connectivity index (χ1) is 51.7. The molecule has 106 heavy (non-hydrogen) atoms. The van der Waals surface area contributed by atoms with E-state index in [-0.39, 0.29) is 25.7 Å². The predicted molar refractivity (Wildman–Crippen MR) is 436 cm³/mol. The number of ether oxygens (including phenoxy) is 4. The van der Waals surface area contributed by atoms with Crippen LogP contribution in [0, 0.1) is 0 Å². The summed E-state index contributed by atoms with van der Waals surface area (Å²) in [5.41, 5.74) is 0. The van der Waals surface area contributed by atoms with E-state index >= 15 is 0 Å². The normalized spacial score (nSPS) is 14.4. The maximum Gasteiger partial charge on any atom is 0.472 e. The van der Waals surface area contributed by atoms with Crippen LogP contribution in [-0.2, 0) is 65.4 Å². The van der Waals surface area contributed by atoms with Crippen molar-refractivity contribution in [3.05, 3.63) is 122 Å². The van der Waals surface area contributed by atoms with Crippen molar-refractivity contribution in [3.8, 4) is 0 Å². The van der Waals surface area contributed by atoms with Gasteiger partial charge in [0.15, 0.2) is 12.2 Å². The number of aliphatic hydroxyl groups is 1. The van der Waals surface area contributed by atoms with Gasteiger partial charge in [-0.1, -0.05) is 335 Å². The highest BCUT2D eigenvalue weighted by molar-refractivity contribution is 7.47. The summed E-state index contributed by atoms with van der Waals surface area (Å²) >= 11 is 0. The van der Waals surface area contributed by atoms with Gasteiger partial charge in [-0.15, -0.1) is 0 Å². The Morgan fingerprint density at radius 3 is 0.830 bits per heavy atom. The van der Waals surface area contributed by atoms with Crippen LogP contribution < -0.4 is 0 Å². The van der Waals surface area contributed by atoms with Gasteiger partial charge >= 0.3 is 39.5 Å². The third-order valence-corrected chi connectivity index (χ3v) is 19.4. The van der Waals surface area contributed by atoms with E-state index in [0.717, 1.165) is 128 Å². The molecule has 2 unspecified atom stereocenters. The van der Waals surface area contributed by atoms with Gasteiger partial charge in [0.05, 0.1) is 26.4 Å². The molecule has 0 aliphatic carbocycles. The first kappa shape index (κ1) is 101. The number of hydrogen-bond donors (Lipinski definition) is 3. The van der Waals surface area contributed by atoms with Gasteiger partial charge in [0.2, 0.25) is 0 Å². The fraction of sp³-hybridized carbons (Fsp3) is 0.724. The summed E-state index contributed by atoms with van der Waals surface area (Å²) in [7, 11) is -9.98. The Hall–Kier alpha value is -4.54. The van der Waals surface area contributed by atoms with Gasteiger partial charge in [-0.3, -0.25) is 37.3 Å². The second-order valence-electron chi connectivity index (χ2n) is 27.7. The maximum atomic E-state index is 13.1. The predicted octanol–water partition coefficient (Wildman–Crippen LogP) is 24.7. The fourth-order valence-corrected chi connectivity index (χ4v) is 12.7. The molecule has 0 aliphatic heterocycles. The molecule has 0 aromatic rings. The minimum absolute atomic E-state index is 0.0385. The van der Waals surface area contributed by atoms with Crippen LogP contribution in [0.3, 0.4) is 0 Å². The van der Waals surface area contributed by atoms with E-state index in [4.69, 9.17) is 37.0 Å². The maximum absolute atomic E-state index is 13.1. The van der Waals surface area contributed by atoms with Gasteiger partial charge in [0, 0.05) is 25.7 Å². The Morgan fingerprint density at radius 1 is 0.274 bits per heavy atom. The van der Waals surface area contributed by atoms with Crippen LogP contribution in [0.1, 0.15) is 349 Å². The lowest BCUT2D eigenvalue weighted by atomic mass is 10.0. The summed E-state index contributed by atoms with van der Waals surface area (Å²) in [4.78, 5) is 73.1. The van der Waals surface area contributed by atoms with Crippen molar-refractivity contribution < 1.29 is 80.2 Å². The number of unbranched alkanes of at least 4 members (excludes halogenated alkanes) is 32. The lowest BCUT2D eigenvalue weighted by Crippen LogP contribution is -2.30. The second-order valence-corrected chi connectivity index (χ2v) is 30.6. The molecule has 0 fully saturated rings. The summed E-state index contributed by atoms with van der Waals surface area (Å²) in [6, 6.07) is 0. The summed E-state index contributed by atoms with van der Waals surface area (Å²) in [5.74, 6) is -2.29. The molecule has 0 heterocycles. The third kappa shape index (κ3) is 77.6. The van der Waals surface area contributed by atoms with Crippen molar-refractivity contribution in [2.24, 2.45) is 0 Å². The van der Waals surface area contributed by atoms with Gasteiger partial charge in [0.25, 0.3) is 0 Å². The molecule has 0 radical (unpaired) electrons. The lowest BCUT2D eigenvalue weighted by molar-refractivity contribution is -0.161. The Morgan fingerprint density at radius 2 is 0.509 bits per heavy atom. The number of phosphoric ester groups is 2. The van der Waals surface area contributed by atoms with Crippen LogP contribution >= 0.6 is 15.6 Å². The first-order valence-corrected chi connectivity index (χ1v) is 44.8. The molecule has 0 saturated heterocycles. The zero-order valence-corrected chi connectivity index (χ0v) is 68.6. The summed E-state index contributed by atoms with van der Waals surface area (Å²) < 4.78 is 68.6. The number of rotatable bonds is 78. The number of allylic oxidation sites excluding steroid dienone is 20. The first-order valence-electron chi connectivity index (χ1n) is 41.8. The smallest absolute Gasteiger partial charge is 0.462 e. The van der Waals surface area contributed by atoms with E-state index in [9.17, 15) is 43.2 Å². The molecule has 0 aromatic carbocycles. The number of carbonyl (C=O) groups is 4. The molecule has 0 saturated carbocycles. The minimum atomic E-state index is -5.00. The largest absolute Gasteiger partial charge is 0.472 e. The van der Waals surface area contributed by atoms with Gasteiger partial charge in [-0.05, 0) is 109 Å². The van der Waals surface area contributed by atoms with Crippen molar-refractivity contribution in [2.75, 3.05) is 39.6 Å². The topological polar surface area (TPSA) is 237 Å². The standard InChI is InChI=1S/C87H150O17P2/c1-5-9-13-17-21-25-29-33-36-38-40-42-45-48-51-55-59-63-67-71-84(89)97-77-82(103-86(91)73-69-65-61-57-53-47-32-28-24-20-16-12-8-4)79-101-105(93,94)99-75-81(88)76-100-106(95,96)102-80-83(104-87(92)74-70-66-62-58-54-50-44-35-31-27-23-19-15-11-7-3)78-98-85(90)72-68-64-60-56-52-49-46-43-41-39-37-34-30-26-22-18-14-10-6-2/h9,13,21-22,25-26,33-34,36-37,40-43,48-49,51-52,60,64,81-83,88H,5-8,10-12,14-20,23-24,27-32,35,38-39,44-47,50,53-59,61-63,65-80H2,1-4H3,(H,93,94)(H,95,96)/b13-9-,25-21-,26-22-,36-33-,37-34-,42-40-,43-41-,51-48-,52-49-,64-60-/t81-,82-,83-/m1/s1. The second kappa shape index (κ2) is 78.6. The van der Waals surface area contributed by atoms with E-state index in [0.29, 0.717) is 32.1 Å². The number of hydrogen-bond acceptors (Lipinski definition) is 15. The van der Waals surface area contributed by atoms with Crippen molar-refractivity contribution in [1.29, 1.82) is 0 Å². The van der Waals surface area contributed by atoms with Gasteiger partial charge in [-0.2, -0.15) is 0 Å². The molecule has 5 atom stereocenters. The molecular formula is C87H150O17P2. The zero-order chi connectivity index (χ0) is 77.4. The number of aliphatic hydroxyl groups excluding tert-OH is 1. The highest BCUT2D eigenvalue weighted by atomic mass is 31.2. The van der Waals surface area contributed by atoms with Crippen LogP contribution in [-0.4, -0.2) is 96.7 Å². The molecule has 0 amide bonds. The Labute approximate surface area is 644 Å². The van der Waals surface area contributed by atoms with E-state index in [1.54, 1.807) is 0 Å². The number of phosphoric acid groups is 2. The quantitative estimate of drug-likeness (QED) is 0.0169. The molecule has 19 heteroatoms. The zero-order valence-electron chi connectivity index (χ0n) is 66.8. The lowest BCUT2D eigenvalue weighted by Gasteiger charge is -2.21. The van der Waals surface area contributed by atoms with Gasteiger partial charge < -0.3 is 33.8 Å². The average Bonchev–Trinajstić information content (AvgIpc) is 0.901. The highest BCUT2D eigenvalue weighted by Crippen LogP contribution is 2.45. The third-order valence-electron chi connectivity index (χ3n) is 17.5. The van der Waals surface area contributed by atoms with E-state index in [1.165, 1.54) is 135 Å². The van der Waals surface area contributed by atoms with Crippen molar-refractivity contribution in [1.82, 2.24) is 0 Å². The number of esters is 4. The van der Waals surface area contributed by atoms with Crippen LogP contribution in [0.4, 0.5) is 0 Å². The Balaban J connectivity index is 5.42. The van der Waals surface area contributed by atoms with Crippen molar-refractivity contribution >= 4 is 39.5 Å². The monoisotopic (exact) mass is 1530 g/mol. The summed E-state index contributed by atoms with van der Waals surface area (Å²) in [6.45, 7) is 4.66. The molecule has 0 rings (SSSR count). The average molecular weight is 1530 g/mol. The van der Waals surface area contributed by atoms with Crippen LogP contribution in [0.5, 0.6) is 0 Å². The minimum Gasteiger partial charge on any atom is -0.462 e. The molecule has 610 valence electrons. The van der Waals surface area contributed by atoms with Crippen molar-refractivity contribution in [3.63, 3.8) is 0 Å². The molecular weight excluding hydrogens is 1380 g/mol. The van der Waals surface area contributed by atoms with Crippen molar-refractivity contribution in [2.45, 2.75) is 367 Å². The van der Waals surface area contributed by atoms with Crippen LogP contribution in [0.25, 0.3) is 0 Å². The molecule has 0 spiro atoms. The Bertz CT molecular complexity index is 2480. The molecule has 0 bridgehead atoms. The fourth-order valence-electron chi connectivity index (χ4n) is 11.1. The Kier molecular flexibility index (Phi) is 75.2. The van der Waals surface area contributed by atoms with E-state index in [2.05, 4.69) is 137 Å². The van der Waals surface area contributed by atoms with Gasteiger partial charge in [0.1, 0.15) is 19.3 Å². The molecule has 3 N–H and O–H groups in total. The van der Waals surface area contributed by atoms with E-state index < -0.39 is 97.5 Å². The van der Waals surface area contributed by atoms with E-state index in [1.807, 2.05) is 12.2 Å². The van der Waals surface area contributed by atoms with Crippen LogP contribution in [0.15, 0.2) is 122 Å². The SMILES string of the molecule is CC/C=C\C/C=C\C/C=C\C/C=C\C/C=C\CCCCCC(=O)OC[C@H](COP(=O)(O)OC[C@@H](O)COP(=O)(O)OC[C@@H](COC(=O)CC/C=C\C/C=C\C/C=C\C/C=C\C/C=C\CCCCC)OC(=O)CCCCCCCCCCCCCCCCC)OC(=O)CCCCCCCCCCCCCCC. The molecule has 0 aliphatic rings. The van der Waals surface area contributed by atoms with Crippen LogP contribution in [0.2, 0.25) is 0 Å². The number of carbonyl (C=O) groups excluding carboxylic acids is 4. The highest BCUT2D eigenvalue weighted by Gasteiger charge is 2.30. The summed E-state index contributed by atoms with van der Waals surface area (Å²) in [5, 5.41) is 10.7.